The highest BCUT2D eigenvalue weighted by Crippen LogP contribution is 2.25. The molecule has 1 rings (SSSR count). The van der Waals surface area contributed by atoms with E-state index in [-0.39, 0.29) is 11.2 Å². The topological polar surface area (TPSA) is 35.5 Å². The summed E-state index contributed by atoms with van der Waals surface area (Å²) in [6.07, 6.45) is 0. The highest BCUT2D eigenvalue weighted by molar-refractivity contribution is 8.00. The number of thioether (sulfide) groups is 1. The van der Waals surface area contributed by atoms with Crippen LogP contribution in [0.1, 0.15) is 6.92 Å². The Hall–Kier alpha value is -1.16. The van der Waals surface area contributed by atoms with Crippen molar-refractivity contribution in [3.63, 3.8) is 0 Å². The van der Waals surface area contributed by atoms with Crippen molar-refractivity contribution in [1.29, 1.82) is 0 Å². The van der Waals surface area contributed by atoms with Crippen molar-refractivity contribution < 1.29 is 14.3 Å². The summed E-state index contributed by atoms with van der Waals surface area (Å²) in [5.41, 5.74) is 0. The van der Waals surface area contributed by atoms with Gasteiger partial charge in [0.25, 0.3) is 0 Å². The smallest absolute Gasteiger partial charge is 0.318 e. The molecule has 0 aliphatic carbocycles. The van der Waals surface area contributed by atoms with E-state index in [2.05, 4.69) is 4.74 Å². The second-order valence-electron chi connectivity index (χ2n) is 2.96. The molecule has 0 heterocycles. The number of methoxy groups -OCH3 is 2. The molecule has 1 atom stereocenters. The van der Waals surface area contributed by atoms with Gasteiger partial charge in [-0.3, -0.25) is 4.79 Å². The molecule has 0 N–H and O–H groups in total. The Labute approximate surface area is 93.8 Å². The minimum atomic E-state index is -0.212. The van der Waals surface area contributed by atoms with Crippen molar-refractivity contribution >= 4 is 17.7 Å². The molecule has 1 unspecified atom stereocenters. The van der Waals surface area contributed by atoms with Crippen molar-refractivity contribution in [1.82, 2.24) is 0 Å². The molecule has 4 heteroatoms. The van der Waals surface area contributed by atoms with Gasteiger partial charge in [-0.15, -0.1) is 11.8 Å². The third kappa shape index (κ3) is 3.47. The number of carbonyl (C=O) groups excluding carboxylic acids is 1. The van der Waals surface area contributed by atoms with Gasteiger partial charge in [0.2, 0.25) is 0 Å². The SMILES string of the molecule is COC(=O)C(C)Sc1ccc(OC)cc1. The van der Waals surface area contributed by atoms with E-state index < -0.39 is 0 Å². The van der Waals surface area contributed by atoms with Gasteiger partial charge < -0.3 is 9.47 Å². The zero-order valence-electron chi connectivity index (χ0n) is 9.02. The summed E-state index contributed by atoms with van der Waals surface area (Å²) >= 11 is 1.47. The van der Waals surface area contributed by atoms with Crippen LogP contribution in [-0.4, -0.2) is 25.4 Å². The van der Waals surface area contributed by atoms with Crippen LogP contribution < -0.4 is 4.74 Å². The van der Waals surface area contributed by atoms with E-state index in [0.717, 1.165) is 10.6 Å². The van der Waals surface area contributed by atoms with Gasteiger partial charge in [-0.1, -0.05) is 0 Å². The summed E-state index contributed by atoms with van der Waals surface area (Å²) in [4.78, 5) is 12.2. The average molecular weight is 226 g/mol. The lowest BCUT2D eigenvalue weighted by molar-refractivity contribution is -0.139. The summed E-state index contributed by atoms with van der Waals surface area (Å²) in [6.45, 7) is 1.82. The van der Waals surface area contributed by atoms with Crippen LogP contribution >= 0.6 is 11.8 Å². The van der Waals surface area contributed by atoms with Crippen LogP contribution in [0.2, 0.25) is 0 Å². The van der Waals surface area contributed by atoms with Crippen LogP contribution in [-0.2, 0) is 9.53 Å². The standard InChI is InChI=1S/C11H14O3S/c1-8(11(12)14-3)15-10-6-4-9(13-2)5-7-10/h4-8H,1-3H3. The van der Waals surface area contributed by atoms with Gasteiger partial charge in [0, 0.05) is 4.90 Å². The monoisotopic (exact) mass is 226 g/mol. The van der Waals surface area contributed by atoms with Gasteiger partial charge in [-0.05, 0) is 31.2 Å². The quantitative estimate of drug-likeness (QED) is 0.583. The first-order valence-corrected chi connectivity index (χ1v) is 5.44. The Bertz CT molecular complexity index is 321. The maximum Gasteiger partial charge on any atom is 0.318 e. The molecule has 0 aromatic heterocycles. The maximum absolute atomic E-state index is 11.2. The number of esters is 1. The summed E-state index contributed by atoms with van der Waals surface area (Å²) in [6, 6.07) is 7.57. The van der Waals surface area contributed by atoms with Crippen LogP contribution in [0, 0.1) is 0 Å². The number of rotatable bonds is 4. The summed E-state index contributed by atoms with van der Waals surface area (Å²) in [7, 11) is 3.02. The fourth-order valence-corrected chi connectivity index (χ4v) is 1.97. The summed E-state index contributed by atoms with van der Waals surface area (Å²) in [5, 5.41) is -0.191. The van der Waals surface area contributed by atoms with Gasteiger partial charge in [-0.2, -0.15) is 0 Å². The first-order chi connectivity index (χ1) is 7.17. The molecular weight excluding hydrogens is 212 g/mol. The molecule has 0 radical (unpaired) electrons. The van der Waals surface area contributed by atoms with Gasteiger partial charge >= 0.3 is 5.97 Å². The second kappa shape index (κ2) is 5.66. The summed E-state index contributed by atoms with van der Waals surface area (Å²) in [5.74, 6) is 0.598. The third-order valence-electron chi connectivity index (χ3n) is 1.91. The molecule has 0 aliphatic heterocycles. The number of carbonyl (C=O) groups is 1. The van der Waals surface area contributed by atoms with E-state index >= 15 is 0 Å². The fraction of sp³-hybridized carbons (Fsp3) is 0.364. The Kier molecular flexibility index (Phi) is 4.49. The first kappa shape index (κ1) is 11.9. The van der Waals surface area contributed by atoms with Crippen molar-refractivity contribution in [2.75, 3.05) is 14.2 Å². The molecule has 82 valence electrons. The van der Waals surface area contributed by atoms with E-state index in [0.29, 0.717) is 0 Å². The minimum absolute atomic E-state index is 0.191. The van der Waals surface area contributed by atoms with Gasteiger partial charge in [-0.25, -0.2) is 0 Å². The molecule has 0 saturated heterocycles. The van der Waals surface area contributed by atoms with Crippen LogP contribution in [0.3, 0.4) is 0 Å². The molecule has 0 spiro atoms. The Morgan fingerprint density at radius 1 is 1.27 bits per heavy atom. The van der Waals surface area contributed by atoms with Gasteiger partial charge in [0.1, 0.15) is 11.0 Å². The van der Waals surface area contributed by atoms with E-state index in [4.69, 9.17) is 4.74 Å². The highest BCUT2D eigenvalue weighted by Gasteiger charge is 2.14. The maximum atomic E-state index is 11.2. The van der Waals surface area contributed by atoms with E-state index in [9.17, 15) is 4.79 Å². The zero-order valence-corrected chi connectivity index (χ0v) is 9.84. The lowest BCUT2D eigenvalue weighted by Crippen LogP contribution is -2.14. The molecule has 0 bridgehead atoms. The molecule has 0 aliphatic rings. The van der Waals surface area contributed by atoms with Crippen LogP contribution in [0.4, 0.5) is 0 Å². The predicted molar refractivity (Wildman–Crippen MR) is 60.3 cm³/mol. The largest absolute Gasteiger partial charge is 0.497 e. The molecule has 0 amide bonds. The predicted octanol–water partition coefficient (Wildman–Crippen LogP) is 2.35. The highest BCUT2D eigenvalue weighted by atomic mass is 32.2. The summed E-state index contributed by atoms with van der Waals surface area (Å²) < 4.78 is 9.69. The molecule has 1 aromatic carbocycles. The Morgan fingerprint density at radius 2 is 1.87 bits per heavy atom. The van der Waals surface area contributed by atoms with E-state index in [1.807, 2.05) is 31.2 Å². The number of hydrogen-bond donors (Lipinski definition) is 0. The first-order valence-electron chi connectivity index (χ1n) is 4.56. The second-order valence-corrected chi connectivity index (χ2v) is 4.37. The van der Waals surface area contributed by atoms with E-state index in [1.54, 1.807) is 7.11 Å². The molecule has 0 saturated carbocycles. The minimum Gasteiger partial charge on any atom is -0.497 e. The zero-order chi connectivity index (χ0) is 11.3. The number of benzene rings is 1. The van der Waals surface area contributed by atoms with Crippen LogP contribution in [0.15, 0.2) is 29.2 Å². The normalized spacial score (nSPS) is 11.9. The average Bonchev–Trinajstić information content (AvgIpc) is 2.29. The molecule has 15 heavy (non-hydrogen) atoms. The molecule has 1 aromatic rings. The van der Waals surface area contributed by atoms with Crippen molar-refractivity contribution in [3.05, 3.63) is 24.3 Å². The van der Waals surface area contributed by atoms with Crippen molar-refractivity contribution in [2.24, 2.45) is 0 Å². The lowest BCUT2D eigenvalue weighted by atomic mass is 10.3. The molecule has 3 nitrogen and oxygen atoms in total. The van der Waals surface area contributed by atoms with Crippen LogP contribution in [0.25, 0.3) is 0 Å². The molecular formula is C11H14O3S. The van der Waals surface area contributed by atoms with Gasteiger partial charge in [0.05, 0.1) is 14.2 Å². The number of ether oxygens (including phenoxy) is 2. The Balaban J connectivity index is 2.60. The lowest BCUT2D eigenvalue weighted by Gasteiger charge is -2.08. The van der Waals surface area contributed by atoms with E-state index in [1.165, 1.54) is 18.9 Å². The van der Waals surface area contributed by atoms with Crippen molar-refractivity contribution in [2.45, 2.75) is 17.1 Å². The number of hydrogen-bond acceptors (Lipinski definition) is 4. The van der Waals surface area contributed by atoms with Crippen LogP contribution in [0.5, 0.6) is 5.75 Å². The Morgan fingerprint density at radius 3 is 2.33 bits per heavy atom. The third-order valence-corrected chi connectivity index (χ3v) is 3.00. The fourth-order valence-electron chi connectivity index (χ4n) is 1.07. The van der Waals surface area contributed by atoms with Crippen molar-refractivity contribution in [3.8, 4) is 5.75 Å². The van der Waals surface area contributed by atoms with Gasteiger partial charge in [0.15, 0.2) is 0 Å². The molecule has 0 fully saturated rings.